The van der Waals surface area contributed by atoms with Gasteiger partial charge in [0.25, 0.3) is 5.56 Å². The summed E-state index contributed by atoms with van der Waals surface area (Å²) < 4.78 is 0. The molecule has 5 nitrogen and oxygen atoms in total. The molecule has 3 N–H and O–H groups in total. The van der Waals surface area contributed by atoms with Crippen LogP contribution in [0.2, 0.25) is 0 Å². The minimum absolute atomic E-state index is 0.0413. The van der Waals surface area contributed by atoms with E-state index in [2.05, 4.69) is 21.8 Å². The second-order valence-corrected chi connectivity index (χ2v) is 5.84. The monoisotopic (exact) mass is 262 g/mol. The molecule has 104 valence electrons. The number of anilines is 1. The van der Waals surface area contributed by atoms with E-state index in [1.807, 2.05) is 0 Å². The van der Waals surface area contributed by atoms with E-state index < -0.39 is 0 Å². The van der Waals surface area contributed by atoms with Crippen LogP contribution in [0.1, 0.15) is 50.8 Å². The summed E-state index contributed by atoms with van der Waals surface area (Å²) in [6.45, 7) is 2.82. The van der Waals surface area contributed by atoms with Gasteiger partial charge in [0.1, 0.15) is 11.6 Å². The van der Waals surface area contributed by atoms with Crippen molar-refractivity contribution in [1.29, 1.82) is 0 Å². The normalized spacial score (nSPS) is 27.6. The minimum atomic E-state index is -0.0413. The first-order valence-corrected chi connectivity index (χ1v) is 7.28. The molecular weight excluding hydrogens is 240 g/mol. The van der Waals surface area contributed by atoms with Gasteiger partial charge in [0.05, 0.1) is 0 Å². The highest BCUT2D eigenvalue weighted by Gasteiger charge is 2.31. The number of rotatable bonds is 3. The molecule has 0 amide bonds. The largest absolute Gasteiger partial charge is 0.349 e. The molecular formula is C14H22N4O. The fraction of sp³-hybridized carbons (Fsp3) is 0.714. The fourth-order valence-corrected chi connectivity index (χ4v) is 3.08. The van der Waals surface area contributed by atoms with Crippen molar-refractivity contribution in [3.8, 4) is 0 Å². The third-order valence-corrected chi connectivity index (χ3v) is 4.27. The lowest BCUT2D eigenvalue weighted by Crippen LogP contribution is -2.49. The summed E-state index contributed by atoms with van der Waals surface area (Å²) in [5, 5.41) is 0. The summed E-state index contributed by atoms with van der Waals surface area (Å²) in [6.07, 6.45) is 5.72. The van der Waals surface area contributed by atoms with Crippen molar-refractivity contribution in [3.63, 3.8) is 0 Å². The molecule has 19 heavy (non-hydrogen) atoms. The number of piperidine rings is 1. The lowest BCUT2D eigenvalue weighted by molar-refractivity contribution is 0.397. The topological polar surface area (TPSA) is 75.0 Å². The van der Waals surface area contributed by atoms with Crippen molar-refractivity contribution in [2.24, 2.45) is 5.73 Å². The maximum Gasteiger partial charge on any atom is 0.252 e. The third-order valence-electron chi connectivity index (χ3n) is 4.27. The molecule has 1 saturated carbocycles. The molecule has 1 aliphatic heterocycles. The van der Waals surface area contributed by atoms with E-state index in [1.54, 1.807) is 6.07 Å². The first kappa shape index (κ1) is 12.7. The van der Waals surface area contributed by atoms with Crippen molar-refractivity contribution >= 4 is 5.82 Å². The van der Waals surface area contributed by atoms with Gasteiger partial charge in [-0.15, -0.1) is 0 Å². The predicted octanol–water partition coefficient (Wildman–Crippen LogP) is 1.35. The molecule has 0 spiro atoms. The van der Waals surface area contributed by atoms with Gasteiger partial charge in [0, 0.05) is 30.6 Å². The molecule has 5 heteroatoms. The van der Waals surface area contributed by atoms with Crippen LogP contribution in [0.4, 0.5) is 5.82 Å². The Bertz CT molecular complexity index is 508. The van der Waals surface area contributed by atoms with Gasteiger partial charge >= 0.3 is 0 Å². The van der Waals surface area contributed by atoms with Crippen LogP contribution in [0.15, 0.2) is 10.9 Å². The van der Waals surface area contributed by atoms with Crippen LogP contribution in [0.25, 0.3) is 0 Å². The molecule has 1 aromatic heterocycles. The smallest absolute Gasteiger partial charge is 0.252 e. The lowest BCUT2D eigenvalue weighted by Gasteiger charge is -2.41. The Kier molecular flexibility index (Phi) is 3.31. The summed E-state index contributed by atoms with van der Waals surface area (Å²) in [4.78, 5) is 21.6. The number of hydrogen-bond acceptors (Lipinski definition) is 4. The quantitative estimate of drug-likeness (QED) is 0.862. The van der Waals surface area contributed by atoms with Crippen LogP contribution in [-0.4, -0.2) is 28.6 Å². The van der Waals surface area contributed by atoms with E-state index in [0.717, 1.165) is 37.3 Å². The zero-order valence-corrected chi connectivity index (χ0v) is 11.4. The molecule has 2 fully saturated rings. The maximum absolute atomic E-state index is 11.8. The molecule has 0 aromatic carbocycles. The first-order valence-electron chi connectivity index (χ1n) is 7.28. The highest BCUT2D eigenvalue weighted by molar-refractivity contribution is 5.41. The Morgan fingerprint density at radius 3 is 2.89 bits per heavy atom. The standard InChI is InChI=1S/C14H22N4O/c1-9-3-2-4-11(8-15)18(9)12-7-13(19)17-14(16-12)10-5-6-10/h7,9-11H,2-6,8,15H2,1H3,(H,16,17,19). The van der Waals surface area contributed by atoms with Crippen LogP contribution in [0.3, 0.4) is 0 Å². The number of hydrogen-bond donors (Lipinski definition) is 2. The van der Waals surface area contributed by atoms with Gasteiger partial charge in [-0.05, 0) is 39.0 Å². The lowest BCUT2D eigenvalue weighted by atomic mass is 9.96. The van der Waals surface area contributed by atoms with Crippen molar-refractivity contribution in [3.05, 3.63) is 22.2 Å². The second kappa shape index (κ2) is 4.96. The summed E-state index contributed by atoms with van der Waals surface area (Å²) in [5.74, 6) is 2.13. The summed E-state index contributed by atoms with van der Waals surface area (Å²) in [5.41, 5.74) is 5.84. The van der Waals surface area contributed by atoms with Crippen molar-refractivity contribution < 1.29 is 0 Å². The molecule has 1 aromatic rings. The van der Waals surface area contributed by atoms with Gasteiger partial charge in [-0.1, -0.05) is 0 Å². The number of nitrogens with zero attached hydrogens (tertiary/aromatic N) is 2. The Morgan fingerprint density at radius 1 is 1.42 bits per heavy atom. The van der Waals surface area contributed by atoms with Gasteiger partial charge in [-0.2, -0.15) is 0 Å². The average Bonchev–Trinajstić information content (AvgIpc) is 3.21. The fourth-order valence-electron chi connectivity index (χ4n) is 3.08. The zero-order chi connectivity index (χ0) is 13.4. The Hall–Kier alpha value is -1.36. The van der Waals surface area contributed by atoms with Crippen molar-refractivity contribution in [2.45, 2.75) is 57.0 Å². The Labute approximate surface area is 113 Å². The van der Waals surface area contributed by atoms with Crippen LogP contribution < -0.4 is 16.2 Å². The van der Waals surface area contributed by atoms with Gasteiger partial charge in [-0.25, -0.2) is 4.98 Å². The summed E-state index contributed by atoms with van der Waals surface area (Å²) in [6, 6.07) is 2.34. The molecule has 1 saturated heterocycles. The average molecular weight is 262 g/mol. The highest BCUT2D eigenvalue weighted by atomic mass is 16.1. The van der Waals surface area contributed by atoms with Gasteiger partial charge in [0.2, 0.25) is 0 Å². The Balaban J connectivity index is 1.96. The van der Waals surface area contributed by atoms with Gasteiger partial charge in [-0.3, -0.25) is 4.79 Å². The second-order valence-electron chi connectivity index (χ2n) is 5.84. The van der Waals surface area contributed by atoms with Crippen molar-refractivity contribution in [1.82, 2.24) is 9.97 Å². The van der Waals surface area contributed by atoms with Crippen LogP contribution >= 0.6 is 0 Å². The first-order chi connectivity index (χ1) is 9.19. The van der Waals surface area contributed by atoms with Gasteiger partial charge in [0.15, 0.2) is 0 Å². The number of nitrogens with one attached hydrogen (secondary N) is 1. The number of H-pyrrole nitrogens is 1. The third kappa shape index (κ3) is 2.52. The van der Waals surface area contributed by atoms with E-state index >= 15 is 0 Å². The summed E-state index contributed by atoms with van der Waals surface area (Å²) in [7, 11) is 0. The van der Waals surface area contributed by atoms with Crippen molar-refractivity contribution in [2.75, 3.05) is 11.4 Å². The highest BCUT2D eigenvalue weighted by Crippen LogP contribution is 2.38. The van der Waals surface area contributed by atoms with E-state index in [1.165, 1.54) is 6.42 Å². The van der Waals surface area contributed by atoms with E-state index in [0.29, 0.717) is 24.5 Å². The van der Waals surface area contributed by atoms with E-state index in [4.69, 9.17) is 5.73 Å². The van der Waals surface area contributed by atoms with Crippen LogP contribution in [-0.2, 0) is 0 Å². The van der Waals surface area contributed by atoms with E-state index in [9.17, 15) is 4.79 Å². The number of aromatic nitrogens is 2. The zero-order valence-electron chi connectivity index (χ0n) is 11.4. The molecule has 2 atom stereocenters. The molecule has 0 bridgehead atoms. The SMILES string of the molecule is CC1CCCC(CN)N1c1cc(=O)[nH]c(C2CC2)n1. The van der Waals surface area contributed by atoms with Crippen LogP contribution in [0, 0.1) is 0 Å². The maximum atomic E-state index is 11.8. The molecule has 0 radical (unpaired) electrons. The Morgan fingerprint density at radius 2 is 2.21 bits per heavy atom. The molecule has 2 unspecified atom stereocenters. The van der Waals surface area contributed by atoms with Gasteiger partial charge < -0.3 is 15.6 Å². The molecule has 2 heterocycles. The molecule has 3 rings (SSSR count). The number of aromatic amines is 1. The minimum Gasteiger partial charge on any atom is -0.349 e. The molecule has 1 aliphatic carbocycles. The number of nitrogens with two attached hydrogens (primary N) is 1. The van der Waals surface area contributed by atoms with Crippen LogP contribution in [0.5, 0.6) is 0 Å². The molecule has 2 aliphatic rings. The van der Waals surface area contributed by atoms with E-state index in [-0.39, 0.29) is 5.56 Å². The predicted molar refractivity (Wildman–Crippen MR) is 75.5 cm³/mol. The summed E-state index contributed by atoms with van der Waals surface area (Å²) >= 11 is 0.